The maximum atomic E-state index is 13.1. The molecular formula is C12H15FO3. The average Bonchev–Trinajstić information content (AvgIpc) is 3.11. The van der Waals surface area contributed by atoms with Gasteiger partial charge in [0.2, 0.25) is 0 Å². The molecule has 0 saturated heterocycles. The van der Waals surface area contributed by atoms with Crippen LogP contribution < -0.4 is 4.74 Å². The van der Waals surface area contributed by atoms with E-state index in [0.29, 0.717) is 11.3 Å². The van der Waals surface area contributed by atoms with Gasteiger partial charge in [-0.1, -0.05) is 0 Å². The molecule has 2 unspecified atom stereocenters. The lowest BCUT2D eigenvalue weighted by atomic mass is 10.00. The van der Waals surface area contributed by atoms with Crippen LogP contribution in [0.1, 0.15) is 24.5 Å². The molecule has 16 heavy (non-hydrogen) atoms. The Kier molecular flexibility index (Phi) is 3.12. The number of aliphatic hydroxyl groups excluding tert-OH is 2. The second-order valence-corrected chi connectivity index (χ2v) is 4.16. The van der Waals surface area contributed by atoms with Gasteiger partial charge in [0.25, 0.3) is 0 Å². The van der Waals surface area contributed by atoms with Gasteiger partial charge in [0.1, 0.15) is 17.7 Å². The highest BCUT2D eigenvalue weighted by molar-refractivity contribution is 5.36. The molecule has 2 rings (SSSR count). The fourth-order valence-electron chi connectivity index (χ4n) is 1.82. The molecule has 0 aromatic heterocycles. The van der Waals surface area contributed by atoms with Crippen molar-refractivity contribution in [2.75, 3.05) is 7.11 Å². The van der Waals surface area contributed by atoms with E-state index in [2.05, 4.69) is 0 Å². The molecule has 3 nitrogen and oxygen atoms in total. The van der Waals surface area contributed by atoms with E-state index in [1.807, 2.05) is 0 Å². The van der Waals surface area contributed by atoms with Crippen LogP contribution in [0.5, 0.6) is 5.75 Å². The number of rotatable bonds is 4. The van der Waals surface area contributed by atoms with Crippen molar-refractivity contribution in [3.05, 3.63) is 29.6 Å². The first-order valence-corrected chi connectivity index (χ1v) is 5.33. The van der Waals surface area contributed by atoms with Crippen LogP contribution in [0.4, 0.5) is 4.39 Å². The normalized spacial score (nSPS) is 19.2. The van der Waals surface area contributed by atoms with Gasteiger partial charge in [-0.05, 0) is 37.0 Å². The number of halogens is 1. The quantitative estimate of drug-likeness (QED) is 0.820. The SMILES string of the molecule is COc1ccc(F)cc1C(O)C(O)C1CC1. The van der Waals surface area contributed by atoms with E-state index in [1.165, 1.54) is 25.3 Å². The Bertz CT molecular complexity index is 377. The molecule has 4 heteroatoms. The highest BCUT2D eigenvalue weighted by Crippen LogP contribution is 2.40. The molecule has 0 spiro atoms. The fourth-order valence-corrected chi connectivity index (χ4v) is 1.82. The minimum absolute atomic E-state index is 0.128. The molecule has 0 amide bonds. The first-order chi connectivity index (χ1) is 7.63. The molecule has 2 N–H and O–H groups in total. The minimum Gasteiger partial charge on any atom is -0.496 e. The summed E-state index contributed by atoms with van der Waals surface area (Å²) in [5, 5.41) is 19.7. The Labute approximate surface area is 93.5 Å². The lowest BCUT2D eigenvalue weighted by Gasteiger charge is -2.19. The summed E-state index contributed by atoms with van der Waals surface area (Å²) in [7, 11) is 1.45. The van der Waals surface area contributed by atoms with E-state index in [4.69, 9.17) is 4.74 Å². The largest absolute Gasteiger partial charge is 0.496 e. The van der Waals surface area contributed by atoms with Gasteiger partial charge < -0.3 is 14.9 Å². The molecule has 1 aliphatic carbocycles. The molecule has 1 aliphatic rings. The van der Waals surface area contributed by atoms with Gasteiger partial charge in [-0.15, -0.1) is 0 Å². The Balaban J connectivity index is 2.26. The van der Waals surface area contributed by atoms with E-state index in [-0.39, 0.29) is 5.92 Å². The molecular weight excluding hydrogens is 211 g/mol. The van der Waals surface area contributed by atoms with Gasteiger partial charge >= 0.3 is 0 Å². The summed E-state index contributed by atoms with van der Waals surface area (Å²) < 4.78 is 18.1. The summed E-state index contributed by atoms with van der Waals surface area (Å²) in [6.45, 7) is 0. The number of benzene rings is 1. The Morgan fingerprint density at radius 3 is 2.62 bits per heavy atom. The molecule has 1 aromatic rings. The van der Waals surface area contributed by atoms with Crippen LogP contribution >= 0.6 is 0 Å². The van der Waals surface area contributed by atoms with Crippen LogP contribution in [0.3, 0.4) is 0 Å². The van der Waals surface area contributed by atoms with E-state index in [1.54, 1.807) is 0 Å². The Hall–Kier alpha value is -1.13. The monoisotopic (exact) mass is 226 g/mol. The van der Waals surface area contributed by atoms with Crippen molar-refractivity contribution < 1.29 is 19.3 Å². The molecule has 0 aliphatic heterocycles. The molecule has 1 saturated carbocycles. The molecule has 1 aromatic carbocycles. The highest BCUT2D eigenvalue weighted by atomic mass is 19.1. The third kappa shape index (κ3) is 2.18. The van der Waals surface area contributed by atoms with E-state index >= 15 is 0 Å². The van der Waals surface area contributed by atoms with Crippen molar-refractivity contribution in [2.45, 2.75) is 25.0 Å². The van der Waals surface area contributed by atoms with Crippen LogP contribution in [-0.2, 0) is 0 Å². The van der Waals surface area contributed by atoms with Gasteiger partial charge in [0, 0.05) is 5.56 Å². The maximum Gasteiger partial charge on any atom is 0.124 e. The number of hydrogen-bond acceptors (Lipinski definition) is 3. The molecule has 2 atom stereocenters. The predicted molar refractivity (Wildman–Crippen MR) is 56.6 cm³/mol. The zero-order valence-electron chi connectivity index (χ0n) is 9.06. The van der Waals surface area contributed by atoms with Crippen LogP contribution in [0, 0.1) is 11.7 Å². The van der Waals surface area contributed by atoms with Gasteiger partial charge in [-0.25, -0.2) is 4.39 Å². The maximum absolute atomic E-state index is 13.1. The summed E-state index contributed by atoms with van der Waals surface area (Å²) in [6, 6.07) is 3.92. The molecule has 88 valence electrons. The van der Waals surface area contributed by atoms with Crippen molar-refractivity contribution in [2.24, 2.45) is 5.92 Å². The first-order valence-electron chi connectivity index (χ1n) is 5.33. The summed E-state index contributed by atoms with van der Waals surface area (Å²) in [5.74, 6) is 0.0782. The number of methoxy groups -OCH3 is 1. The second kappa shape index (κ2) is 4.39. The van der Waals surface area contributed by atoms with Crippen molar-refractivity contribution in [3.63, 3.8) is 0 Å². The van der Waals surface area contributed by atoms with Crippen molar-refractivity contribution in [1.29, 1.82) is 0 Å². The van der Waals surface area contributed by atoms with Crippen LogP contribution in [-0.4, -0.2) is 23.4 Å². The molecule has 0 radical (unpaired) electrons. The summed E-state index contributed by atoms with van der Waals surface area (Å²) in [6.07, 6.45) is -0.0972. The highest BCUT2D eigenvalue weighted by Gasteiger charge is 2.36. The second-order valence-electron chi connectivity index (χ2n) is 4.16. The predicted octanol–water partition coefficient (Wildman–Crippen LogP) is 1.64. The van der Waals surface area contributed by atoms with Gasteiger partial charge in [-0.3, -0.25) is 0 Å². The van der Waals surface area contributed by atoms with Gasteiger partial charge in [0.15, 0.2) is 0 Å². The minimum atomic E-state index is -1.09. The lowest BCUT2D eigenvalue weighted by Crippen LogP contribution is -2.21. The van der Waals surface area contributed by atoms with Crippen LogP contribution in [0.25, 0.3) is 0 Å². The van der Waals surface area contributed by atoms with Gasteiger partial charge in [0.05, 0.1) is 13.2 Å². The number of ether oxygens (including phenoxy) is 1. The zero-order chi connectivity index (χ0) is 11.7. The average molecular weight is 226 g/mol. The number of hydrogen-bond donors (Lipinski definition) is 2. The molecule has 1 fully saturated rings. The molecule has 0 heterocycles. The van der Waals surface area contributed by atoms with E-state index < -0.39 is 18.0 Å². The Morgan fingerprint density at radius 2 is 2.06 bits per heavy atom. The molecule has 0 bridgehead atoms. The van der Waals surface area contributed by atoms with Gasteiger partial charge in [-0.2, -0.15) is 0 Å². The van der Waals surface area contributed by atoms with E-state index in [9.17, 15) is 14.6 Å². The summed E-state index contributed by atoms with van der Waals surface area (Å²) >= 11 is 0. The first kappa shape index (κ1) is 11.4. The third-order valence-corrected chi connectivity index (χ3v) is 2.94. The van der Waals surface area contributed by atoms with Crippen molar-refractivity contribution >= 4 is 0 Å². The summed E-state index contributed by atoms with van der Waals surface area (Å²) in [5.41, 5.74) is 0.307. The van der Waals surface area contributed by atoms with Crippen molar-refractivity contribution in [3.8, 4) is 5.75 Å². The van der Waals surface area contributed by atoms with Crippen LogP contribution in [0.15, 0.2) is 18.2 Å². The van der Waals surface area contributed by atoms with Crippen molar-refractivity contribution in [1.82, 2.24) is 0 Å². The fraction of sp³-hybridized carbons (Fsp3) is 0.500. The Morgan fingerprint density at radius 1 is 1.38 bits per heavy atom. The zero-order valence-corrected chi connectivity index (χ0v) is 9.06. The van der Waals surface area contributed by atoms with E-state index in [0.717, 1.165) is 12.8 Å². The topological polar surface area (TPSA) is 49.7 Å². The smallest absolute Gasteiger partial charge is 0.124 e. The standard InChI is InChI=1S/C12H15FO3/c1-16-10-5-4-8(13)6-9(10)12(15)11(14)7-2-3-7/h4-7,11-12,14-15H,2-3H2,1H3. The summed E-state index contributed by atoms with van der Waals surface area (Å²) in [4.78, 5) is 0. The number of aliphatic hydroxyl groups is 2. The lowest BCUT2D eigenvalue weighted by molar-refractivity contribution is 0.00346. The third-order valence-electron chi connectivity index (χ3n) is 2.94. The van der Waals surface area contributed by atoms with Crippen LogP contribution in [0.2, 0.25) is 0 Å².